The van der Waals surface area contributed by atoms with Crippen molar-refractivity contribution >= 4 is 12.6 Å². The van der Waals surface area contributed by atoms with Crippen LogP contribution in [-0.2, 0) is 0 Å². The molecule has 0 saturated heterocycles. The summed E-state index contributed by atoms with van der Waals surface area (Å²) < 4.78 is 1.73. The third-order valence-corrected chi connectivity index (χ3v) is 1.96. The largest absolute Gasteiger partial charge is 0.491 e. The van der Waals surface area contributed by atoms with Gasteiger partial charge in [-0.3, -0.25) is 4.68 Å². The van der Waals surface area contributed by atoms with Gasteiger partial charge >= 0.3 is 7.12 Å². The monoisotopic (exact) mass is 168 g/mol. The smallest absolute Gasteiger partial charge is 0.423 e. The van der Waals surface area contributed by atoms with Crippen LogP contribution in [-0.4, -0.2) is 26.9 Å². The Morgan fingerprint density at radius 1 is 1.67 bits per heavy atom. The summed E-state index contributed by atoms with van der Waals surface area (Å²) in [6.07, 6.45) is 4.10. The normalized spacial score (nSPS) is 13.0. The summed E-state index contributed by atoms with van der Waals surface area (Å²) in [6, 6.07) is 0.303. The van der Waals surface area contributed by atoms with Crippen molar-refractivity contribution in [1.29, 1.82) is 0 Å². The summed E-state index contributed by atoms with van der Waals surface area (Å²) in [6.45, 7) is 4.09. The zero-order chi connectivity index (χ0) is 9.14. The summed E-state index contributed by atoms with van der Waals surface area (Å²) >= 11 is 0. The van der Waals surface area contributed by atoms with Crippen molar-refractivity contribution in [3.63, 3.8) is 0 Å². The number of hydrogen-bond donors (Lipinski definition) is 2. The first-order valence-corrected chi connectivity index (χ1v) is 4.05. The highest BCUT2D eigenvalue weighted by molar-refractivity contribution is 6.58. The van der Waals surface area contributed by atoms with E-state index in [1.165, 1.54) is 6.20 Å². The van der Waals surface area contributed by atoms with Gasteiger partial charge in [0.1, 0.15) is 0 Å². The van der Waals surface area contributed by atoms with E-state index < -0.39 is 7.12 Å². The third-order valence-electron chi connectivity index (χ3n) is 1.96. The van der Waals surface area contributed by atoms with E-state index in [1.807, 2.05) is 6.92 Å². The van der Waals surface area contributed by atoms with Gasteiger partial charge in [0.05, 0.1) is 0 Å². The Labute approximate surface area is 72.0 Å². The lowest BCUT2D eigenvalue weighted by atomic mass is 9.83. The van der Waals surface area contributed by atoms with Gasteiger partial charge in [-0.15, -0.1) is 0 Å². The van der Waals surface area contributed by atoms with Crippen LogP contribution in [0.15, 0.2) is 12.4 Å². The molecule has 1 aromatic heterocycles. The van der Waals surface area contributed by atoms with Gasteiger partial charge in [0, 0.05) is 23.9 Å². The molecule has 0 bridgehead atoms. The molecule has 2 N–H and O–H groups in total. The molecule has 0 fully saturated rings. The van der Waals surface area contributed by atoms with Crippen molar-refractivity contribution < 1.29 is 10.0 Å². The highest BCUT2D eigenvalue weighted by Gasteiger charge is 2.14. The van der Waals surface area contributed by atoms with E-state index in [1.54, 1.807) is 10.9 Å². The molecule has 0 aliphatic carbocycles. The number of rotatable bonds is 3. The minimum absolute atomic E-state index is 0.303. The fourth-order valence-corrected chi connectivity index (χ4v) is 0.914. The van der Waals surface area contributed by atoms with E-state index in [0.717, 1.165) is 6.42 Å². The third kappa shape index (κ3) is 1.87. The van der Waals surface area contributed by atoms with Crippen molar-refractivity contribution in [1.82, 2.24) is 9.78 Å². The van der Waals surface area contributed by atoms with Crippen LogP contribution >= 0.6 is 0 Å². The highest BCUT2D eigenvalue weighted by atomic mass is 16.4. The minimum atomic E-state index is -1.41. The first-order chi connectivity index (χ1) is 5.65. The second-order valence-electron chi connectivity index (χ2n) is 2.88. The lowest BCUT2D eigenvalue weighted by molar-refractivity contribution is 0.425. The summed E-state index contributed by atoms with van der Waals surface area (Å²) in [5.41, 5.74) is 0.440. The first-order valence-electron chi connectivity index (χ1n) is 4.05. The Kier molecular flexibility index (Phi) is 2.89. The topological polar surface area (TPSA) is 58.3 Å². The SMILES string of the molecule is CCC(C)n1cc(B(O)O)cn1. The van der Waals surface area contributed by atoms with Gasteiger partial charge in [0.15, 0.2) is 0 Å². The average molecular weight is 168 g/mol. The molecule has 1 rings (SSSR count). The van der Waals surface area contributed by atoms with Crippen LogP contribution in [0, 0.1) is 0 Å². The van der Waals surface area contributed by atoms with E-state index in [-0.39, 0.29) is 0 Å². The molecule has 1 heterocycles. The number of hydrogen-bond acceptors (Lipinski definition) is 3. The van der Waals surface area contributed by atoms with E-state index >= 15 is 0 Å². The number of aromatic nitrogens is 2. The van der Waals surface area contributed by atoms with Crippen molar-refractivity contribution in [3.05, 3.63) is 12.4 Å². The predicted octanol–water partition coefficient (Wildman–Crippen LogP) is -0.466. The molecule has 1 unspecified atom stereocenters. The van der Waals surface area contributed by atoms with Gasteiger partial charge in [0.2, 0.25) is 0 Å². The molecule has 0 aliphatic heterocycles. The van der Waals surface area contributed by atoms with Crippen LogP contribution in [0.1, 0.15) is 26.3 Å². The zero-order valence-corrected chi connectivity index (χ0v) is 7.31. The van der Waals surface area contributed by atoms with Gasteiger partial charge in [-0.25, -0.2) is 0 Å². The Balaban J connectivity index is 2.77. The van der Waals surface area contributed by atoms with Gasteiger partial charge < -0.3 is 10.0 Å². The number of nitrogens with zero attached hydrogens (tertiary/aromatic N) is 2. The van der Waals surface area contributed by atoms with E-state index in [0.29, 0.717) is 11.5 Å². The van der Waals surface area contributed by atoms with Crippen molar-refractivity contribution in [3.8, 4) is 0 Å². The van der Waals surface area contributed by atoms with Crippen LogP contribution in [0.4, 0.5) is 0 Å². The average Bonchev–Trinajstić information content (AvgIpc) is 2.51. The molecule has 1 atom stereocenters. The molecule has 4 nitrogen and oxygen atoms in total. The van der Waals surface area contributed by atoms with Crippen molar-refractivity contribution in [2.24, 2.45) is 0 Å². The van der Waals surface area contributed by atoms with Gasteiger partial charge in [-0.2, -0.15) is 5.10 Å². The lowest BCUT2D eigenvalue weighted by Crippen LogP contribution is -2.28. The maximum atomic E-state index is 8.79. The standard InChI is InChI=1S/C7H13BN2O2/c1-3-6(2)10-5-7(4-9-10)8(11)12/h4-6,11-12H,3H2,1-2H3. The van der Waals surface area contributed by atoms with Crippen LogP contribution in [0.5, 0.6) is 0 Å². The van der Waals surface area contributed by atoms with Crippen LogP contribution in [0.25, 0.3) is 0 Å². The van der Waals surface area contributed by atoms with Crippen molar-refractivity contribution in [2.75, 3.05) is 0 Å². The van der Waals surface area contributed by atoms with E-state index in [9.17, 15) is 0 Å². The second kappa shape index (κ2) is 3.73. The fraction of sp³-hybridized carbons (Fsp3) is 0.571. The van der Waals surface area contributed by atoms with E-state index in [2.05, 4.69) is 12.0 Å². The molecule has 0 radical (unpaired) electrons. The molecule has 0 saturated carbocycles. The molecular formula is C7H13BN2O2. The fourth-order valence-electron chi connectivity index (χ4n) is 0.914. The van der Waals surface area contributed by atoms with Crippen LogP contribution in [0.2, 0.25) is 0 Å². The maximum absolute atomic E-state index is 8.79. The Bertz CT molecular complexity index is 249. The summed E-state index contributed by atoms with van der Waals surface area (Å²) in [5, 5.41) is 21.6. The van der Waals surface area contributed by atoms with E-state index in [4.69, 9.17) is 10.0 Å². The summed E-state index contributed by atoms with van der Waals surface area (Å²) in [4.78, 5) is 0. The van der Waals surface area contributed by atoms with Gasteiger partial charge in [-0.1, -0.05) is 6.92 Å². The Morgan fingerprint density at radius 2 is 2.33 bits per heavy atom. The van der Waals surface area contributed by atoms with Crippen molar-refractivity contribution in [2.45, 2.75) is 26.3 Å². The molecule has 5 heteroatoms. The first kappa shape index (κ1) is 9.28. The molecular weight excluding hydrogens is 155 g/mol. The zero-order valence-electron chi connectivity index (χ0n) is 7.31. The quantitative estimate of drug-likeness (QED) is 0.600. The van der Waals surface area contributed by atoms with Crippen LogP contribution < -0.4 is 5.46 Å². The summed E-state index contributed by atoms with van der Waals surface area (Å²) in [7, 11) is -1.41. The molecule has 12 heavy (non-hydrogen) atoms. The highest BCUT2D eigenvalue weighted by Crippen LogP contribution is 2.05. The minimum Gasteiger partial charge on any atom is -0.423 e. The Hall–Kier alpha value is -0.805. The molecule has 0 amide bonds. The van der Waals surface area contributed by atoms with Gasteiger partial charge in [0.25, 0.3) is 0 Å². The van der Waals surface area contributed by atoms with Gasteiger partial charge in [-0.05, 0) is 13.3 Å². The second-order valence-corrected chi connectivity index (χ2v) is 2.88. The summed E-state index contributed by atoms with van der Waals surface area (Å²) in [5.74, 6) is 0. The molecule has 66 valence electrons. The molecule has 0 aliphatic rings. The molecule has 1 aromatic rings. The van der Waals surface area contributed by atoms with Crippen LogP contribution in [0.3, 0.4) is 0 Å². The predicted molar refractivity (Wildman–Crippen MR) is 47.1 cm³/mol. The Morgan fingerprint density at radius 3 is 2.75 bits per heavy atom. The lowest BCUT2D eigenvalue weighted by Gasteiger charge is -2.07. The molecule has 0 spiro atoms. The molecule has 0 aromatic carbocycles. The maximum Gasteiger partial charge on any atom is 0.491 e.